The highest BCUT2D eigenvalue weighted by Gasteiger charge is 2.21. The number of nitrogens with two attached hydrogens (primary N) is 1. The molecule has 2 aromatic carbocycles. The fourth-order valence-corrected chi connectivity index (χ4v) is 3.30. The van der Waals surface area contributed by atoms with Crippen molar-refractivity contribution in [1.29, 1.82) is 0 Å². The number of nitrogens with one attached hydrogen (secondary N) is 1. The van der Waals surface area contributed by atoms with Crippen LogP contribution in [0.25, 0.3) is 10.2 Å². The van der Waals surface area contributed by atoms with Crippen molar-refractivity contribution in [1.82, 2.24) is 4.98 Å². The molecule has 3 aromatic rings. The first-order chi connectivity index (χ1) is 11.3. The Balaban J connectivity index is 1.77. The van der Waals surface area contributed by atoms with E-state index in [-0.39, 0.29) is 11.2 Å². The van der Waals surface area contributed by atoms with Crippen LogP contribution < -0.4 is 11.1 Å². The Kier molecular flexibility index (Phi) is 4.24. The van der Waals surface area contributed by atoms with Crippen LogP contribution in [0.3, 0.4) is 0 Å². The summed E-state index contributed by atoms with van der Waals surface area (Å²) in [5.41, 5.74) is 7.37. The van der Waals surface area contributed by atoms with Gasteiger partial charge >= 0.3 is 0 Å². The number of nitrogens with zero attached hydrogens (tertiary/aromatic N) is 1. The summed E-state index contributed by atoms with van der Waals surface area (Å²) >= 11 is 1.52. The number of aromatic nitrogens is 1. The number of amides is 1. The van der Waals surface area contributed by atoms with Gasteiger partial charge in [-0.3, -0.25) is 4.79 Å². The highest BCUT2D eigenvalue weighted by atomic mass is 32.1. The van der Waals surface area contributed by atoms with Gasteiger partial charge in [-0.15, -0.1) is 0 Å². The maximum atomic E-state index is 13.1. The van der Waals surface area contributed by atoms with Crippen LogP contribution in [0, 0.1) is 5.82 Å². The zero-order valence-corrected chi connectivity index (χ0v) is 14.3. The Morgan fingerprint density at radius 2 is 1.96 bits per heavy atom. The van der Waals surface area contributed by atoms with Crippen LogP contribution in [0.1, 0.15) is 29.8 Å². The van der Waals surface area contributed by atoms with Gasteiger partial charge in [0.05, 0.1) is 10.2 Å². The zero-order chi connectivity index (χ0) is 17.3. The van der Waals surface area contributed by atoms with Crippen LogP contribution in [0.2, 0.25) is 0 Å². The van der Waals surface area contributed by atoms with Gasteiger partial charge in [0.2, 0.25) is 5.91 Å². The van der Waals surface area contributed by atoms with Crippen LogP contribution >= 0.6 is 11.3 Å². The second-order valence-electron chi connectivity index (χ2n) is 6.31. The van der Waals surface area contributed by atoms with Crippen LogP contribution in [-0.4, -0.2) is 17.4 Å². The van der Waals surface area contributed by atoms with E-state index in [9.17, 15) is 9.18 Å². The number of carbonyl (C=O) groups is 1. The molecule has 0 saturated heterocycles. The van der Waals surface area contributed by atoms with Crippen molar-refractivity contribution in [2.24, 2.45) is 5.73 Å². The minimum absolute atomic E-state index is 0.177. The average molecular weight is 343 g/mol. The van der Waals surface area contributed by atoms with Gasteiger partial charge in [0.15, 0.2) is 5.13 Å². The summed E-state index contributed by atoms with van der Waals surface area (Å²) in [5, 5.41) is 4.11. The predicted molar refractivity (Wildman–Crippen MR) is 96.1 cm³/mol. The number of hydrogen-bond donors (Lipinski definition) is 2. The summed E-state index contributed by atoms with van der Waals surface area (Å²) in [7, 11) is 0. The number of halogens is 1. The van der Waals surface area contributed by atoms with Gasteiger partial charge < -0.3 is 11.1 Å². The monoisotopic (exact) mass is 343 g/mol. The molecule has 1 heterocycles. The van der Waals surface area contributed by atoms with Gasteiger partial charge in [-0.05, 0) is 35.9 Å². The van der Waals surface area contributed by atoms with Crippen LogP contribution in [0.5, 0.6) is 0 Å². The lowest BCUT2D eigenvalue weighted by Crippen LogP contribution is -2.27. The number of anilines is 1. The second kappa shape index (κ2) is 6.20. The molecule has 3 N–H and O–H groups in total. The van der Waals surface area contributed by atoms with E-state index >= 15 is 0 Å². The van der Waals surface area contributed by atoms with Gasteiger partial charge in [0.1, 0.15) is 5.82 Å². The van der Waals surface area contributed by atoms with Crippen molar-refractivity contribution in [2.75, 3.05) is 11.9 Å². The summed E-state index contributed by atoms with van der Waals surface area (Å²) < 4.78 is 14.1. The van der Waals surface area contributed by atoms with Crippen LogP contribution in [0.15, 0.2) is 42.5 Å². The highest BCUT2D eigenvalue weighted by Crippen LogP contribution is 2.29. The number of fused-ring (bicyclic) bond motifs is 1. The third kappa shape index (κ3) is 3.38. The van der Waals surface area contributed by atoms with Gasteiger partial charge in [0.25, 0.3) is 0 Å². The van der Waals surface area contributed by atoms with Crippen molar-refractivity contribution in [2.45, 2.75) is 19.3 Å². The highest BCUT2D eigenvalue weighted by molar-refractivity contribution is 7.22. The minimum atomic E-state index is -0.461. The third-order valence-electron chi connectivity index (χ3n) is 3.98. The number of primary amides is 1. The first-order valence-electron chi connectivity index (χ1n) is 7.55. The number of benzene rings is 2. The molecule has 0 aliphatic carbocycles. The molecule has 0 fully saturated rings. The van der Waals surface area contributed by atoms with E-state index in [1.165, 1.54) is 23.5 Å². The van der Waals surface area contributed by atoms with E-state index < -0.39 is 5.91 Å². The molecule has 3 rings (SSSR count). The van der Waals surface area contributed by atoms with E-state index in [0.717, 1.165) is 20.9 Å². The van der Waals surface area contributed by atoms with Crippen molar-refractivity contribution in [3.8, 4) is 0 Å². The van der Waals surface area contributed by atoms with Gasteiger partial charge in [-0.2, -0.15) is 0 Å². The van der Waals surface area contributed by atoms with E-state index in [2.05, 4.69) is 24.1 Å². The molecule has 0 spiro atoms. The quantitative estimate of drug-likeness (QED) is 0.738. The lowest BCUT2D eigenvalue weighted by atomic mass is 9.85. The molecular formula is C18H18FN3OS. The third-order valence-corrected chi connectivity index (χ3v) is 4.97. The molecule has 0 atom stereocenters. The average Bonchev–Trinajstić information content (AvgIpc) is 2.95. The van der Waals surface area contributed by atoms with Gasteiger partial charge in [-0.1, -0.05) is 37.3 Å². The molecule has 4 nitrogen and oxygen atoms in total. The number of thiazole rings is 1. The van der Waals surface area contributed by atoms with E-state index in [4.69, 9.17) is 5.73 Å². The predicted octanol–water partition coefficient (Wildman–Crippen LogP) is 3.92. The standard InChI is InChI=1S/C18H18FN3OS/c1-18(2,12-4-6-13(19)7-5-12)10-21-17-22-14-9-11(16(20)23)3-8-15(14)24-17/h3-9H,10H2,1-2H3,(H2,20,23)(H,21,22). The lowest BCUT2D eigenvalue weighted by molar-refractivity contribution is 0.100. The number of rotatable bonds is 5. The SMILES string of the molecule is CC(C)(CNc1nc2cc(C(N)=O)ccc2s1)c1ccc(F)cc1. The van der Waals surface area contributed by atoms with Gasteiger partial charge in [0, 0.05) is 17.5 Å². The van der Waals surface area contributed by atoms with Crippen molar-refractivity contribution < 1.29 is 9.18 Å². The molecule has 6 heteroatoms. The fourth-order valence-electron chi connectivity index (χ4n) is 2.46. The molecule has 0 aliphatic heterocycles. The Morgan fingerprint density at radius 3 is 2.62 bits per heavy atom. The summed E-state index contributed by atoms with van der Waals surface area (Å²) in [4.78, 5) is 15.8. The Hall–Kier alpha value is -2.47. The van der Waals surface area contributed by atoms with Gasteiger partial charge in [-0.25, -0.2) is 9.37 Å². The van der Waals surface area contributed by atoms with Crippen molar-refractivity contribution in [3.05, 3.63) is 59.4 Å². The molecule has 0 unspecified atom stereocenters. The molecular weight excluding hydrogens is 325 g/mol. The molecule has 24 heavy (non-hydrogen) atoms. The normalized spacial score (nSPS) is 11.6. The molecule has 124 valence electrons. The van der Waals surface area contributed by atoms with E-state index in [0.29, 0.717) is 12.1 Å². The maximum Gasteiger partial charge on any atom is 0.248 e. The molecule has 0 radical (unpaired) electrons. The second-order valence-corrected chi connectivity index (χ2v) is 7.34. The van der Waals surface area contributed by atoms with Crippen LogP contribution in [-0.2, 0) is 5.41 Å². The minimum Gasteiger partial charge on any atom is -0.366 e. The Bertz CT molecular complexity index is 887. The first kappa shape index (κ1) is 16.4. The van der Waals surface area contributed by atoms with E-state index in [1.54, 1.807) is 24.3 Å². The fraction of sp³-hybridized carbons (Fsp3) is 0.222. The summed E-state index contributed by atoms with van der Waals surface area (Å²) in [6.07, 6.45) is 0. The number of carbonyl (C=O) groups excluding carboxylic acids is 1. The van der Waals surface area contributed by atoms with Crippen molar-refractivity contribution >= 4 is 32.6 Å². The maximum absolute atomic E-state index is 13.1. The molecule has 1 amide bonds. The zero-order valence-electron chi connectivity index (χ0n) is 13.5. The molecule has 1 aromatic heterocycles. The molecule has 0 aliphatic rings. The Labute approximate surface area is 143 Å². The molecule has 0 saturated carbocycles. The van der Waals surface area contributed by atoms with Crippen LogP contribution in [0.4, 0.5) is 9.52 Å². The number of hydrogen-bond acceptors (Lipinski definition) is 4. The lowest BCUT2D eigenvalue weighted by Gasteiger charge is -2.25. The first-order valence-corrected chi connectivity index (χ1v) is 8.37. The topological polar surface area (TPSA) is 68.0 Å². The van der Waals surface area contributed by atoms with Crippen molar-refractivity contribution in [3.63, 3.8) is 0 Å². The Morgan fingerprint density at radius 1 is 1.25 bits per heavy atom. The summed E-state index contributed by atoms with van der Waals surface area (Å²) in [5.74, 6) is -0.698. The summed E-state index contributed by atoms with van der Waals surface area (Å²) in [6.45, 7) is 4.83. The van der Waals surface area contributed by atoms with E-state index in [1.807, 2.05) is 6.07 Å². The molecule has 0 bridgehead atoms. The summed E-state index contributed by atoms with van der Waals surface area (Å²) in [6, 6.07) is 11.8. The smallest absolute Gasteiger partial charge is 0.248 e. The largest absolute Gasteiger partial charge is 0.366 e.